The van der Waals surface area contributed by atoms with Gasteiger partial charge in [-0.25, -0.2) is 9.78 Å². The highest BCUT2D eigenvalue weighted by molar-refractivity contribution is 7.99. The molecule has 0 aliphatic carbocycles. The van der Waals surface area contributed by atoms with Crippen molar-refractivity contribution >= 4 is 52.7 Å². The van der Waals surface area contributed by atoms with E-state index in [1.165, 1.54) is 12.1 Å². The third-order valence-electron chi connectivity index (χ3n) is 3.92. The molecule has 0 saturated carbocycles. The zero-order valence-electron chi connectivity index (χ0n) is 14.4. The molecule has 146 valence electrons. The van der Waals surface area contributed by atoms with Crippen LogP contribution in [0, 0.1) is 0 Å². The van der Waals surface area contributed by atoms with Crippen molar-refractivity contribution < 1.29 is 19.2 Å². The van der Waals surface area contributed by atoms with Crippen LogP contribution in [-0.2, 0) is 9.63 Å². The van der Waals surface area contributed by atoms with Gasteiger partial charge < -0.3 is 4.84 Å². The number of aromatic amines is 1. The Morgan fingerprint density at radius 2 is 1.76 bits per heavy atom. The number of benzene rings is 2. The highest BCUT2D eigenvalue weighted by Crippen LogP contribution is 2.29. The summed E-state index contributed by atoms with van der Waals surface area (Å²) in [4.78, 5) is 45.7. The number of nitrogens with one attached hydrogen (secondary N) is 1. The Morgan fingerprint density at radius 3 is 2.41 bits per heavy atom. The normalized spacial score (nSPS) is 13.0. The number of rotatable bonds is 5. The Hall–Kier alpha value is -2.88. The van der Waals surface area contributed by atoms with E-state index in [2.05, 4.69) is 15.2 Å². The molecule has 0 unspecified atom stereocenters. The van der Waals surface area contributed by atoms with Crippen molar-refractivity contribution in [2.24, 2.45) is 0 Å². The molecule has 0 saturated heterocycles. The molecular weight excluding hydrogens is 439 g/mol. The lowest BCUT2D eigenvalue weighted by Crippen LogP contribution is -2.33. The second kappa shape index (κ2) is 7.86. The van der Waals surface area contributed by atoms with E-state index in [1.54, 1.807) is 30.3 Å². The zero-order valence-corrected chi connectivity index (χ0v) is 16.7. The molecule has 29 heavy (non-hydrogen) atoms. The fourth-order valence-electron chi connectivity index (χ4n) is 2.61. The molecule has 0 atom stereocenters. The SMILES string of the molecule is O=C(CSc1n[nH]c(-c2ccc(Cl)cc2Cl)n1)ON1C(=O)c2ccccc2C1=O. The minimum Gasteiger partial charge on any atom is -0.329 e. The maximum absolute atomic E-state index is 12.2. The lowest BCUT2D eigenvalue weighted by atomic mass is 10.1. The van der Waals surface area contributed by atoms with Crippen LogP contribution < -0.4 is 0 Å². The molecule has 3 aromatic rings. The first kappa shape index (κ1) is 19.4. The van der Waals surface area contributed by atoms with Gasteiger partial charge in [-0.15, -0.1) is 5.10 Å². The van der Waals surface area contributed by atoms with Gasteiger partial charge in [-0.05, 0) is 30.3 Å². The van der Waals surface area contributed by atoms with E-state index in [9.17, 15) is 14.4 Å². The molecule has 2 heterocycles. The highest BCUT2D eigenvalue weighted by atomic mass is 35.5. The van der Waals surface area contributed by atoms with Crippen LogP contribution in [0.3, 0.4) is 0 Å². The van der Waals surface area contributed by atoms with Gasteiger partial charge in [0, 0.05) is 10.6 Å². The van der Waals surface area contributed by atoms with Crippen LogP contribution in [-0.4, -0.2) is 43.8 Å². The number of hydrogen-bond donors (Lipinski definition) is 1. The first-order chi connectivity index (χ1) is 13.9. The second-order valence-electron chi connectivity index (χ2n) is 5.79. The summed E-state index contributed by atoms with van der Waals surface area (Å²) in [5.41, 5.74) is 0.983. The molecule has 2 amide bonds. The van der Waals surface area contributed by atoms with Crippen molar-refractivity contribution in [3.05, 3.63) is 63.6 Å². The van der Waals surface area contributed by atoms with Crippen LogP contribution in [0.25, 0.3) is 11.4 Å². The third-order valence-corrected chi connectivity index (χ3v) is 5.29. The number of hydrogen-bond acceptors (Lipinski definition) is 7. The van der Waals surface area contributed by atoms with Crippen molar-refractivity contribution in [2.45, 2.75) is 5.16 Å². The van der Waals surface area contributed by atoms with Crippen LogP contribution >= 0.6 is 35.0 Å². The molecule has 0 spiro atoms. The average Bonchev–Trinajstić information content (AvgIpc) is 3.26. The topological polar surface area (TPSA) is 105 Å². The summed E-state index contributed by atoms with van der Waals surface area (Å²) in [5.74, 6) is -1.95. The van der Waals surface area contributed by atoms with Gasteiger partial charge in [0.25, 0.3) is 11.8 Å². The van der Waals surface area contributed by atoms with E-state index >= 15 is 0 Å². The van der Waals surface area contributed by atoms with Crippen LogP contribution in [0.2, 0.25) is 10.0 Å². The van der Waals surface area contributed by atoms with E-state index < -0.39 is 17.8 Å². The minimum absolute atomic E-state index is 0.191. The van der Waals surface area contributed by atoms with Crippen molar-refractivity contribution in [3.63, 3.8) is 0 Å². The molecule has 0 fully saturated rings. The first-order valence-corrected chi connectivity index (χ1v) is 9.87. The van der Waals surface area contributed by atoms with Crippen molar-refractivity contribution in [3.8, 4) is 11.4 Å². The molecule has 1 aliphatic heterocycles. The highest BCUT2D eigenvalue weighted by Gasteiger charge is 2.38. The minimum atomic E-state index is -0.791. The Morgan fingerprint density at radius 1 is 1.07 bits per heavy atom. The van der Waals surface area contributed by atoms with Crippen molar-refractivity contribution in [1.82, 2.24) is 20.2 Å². The fraction of sp³-hybridized carbons (Fsp3) is 0.0556. The maximum atomic E-state index is 12.2. The van der Waals surface area contributed by atoms with Crippen LogP contribution in [0.1, 0.15) is 20.7 Å². The number of amides is 2. The van der Waals surface area contributed by atoms with E-state index in [4.69, 9.17) is 28.0 Å². The van der Waals surface area contributed by atoms with E-state index in [-0.39, 0.29) is 22.0 Å². The summed E-state index contributed by atoms with van der Waals surface area (Å²) >= 11 is 13.0. The zero-order chi connectivity index (χ0) is 20.5. The number of nitrogens with zero attached hydrogens (tertiary/aromatic N) is 3. The summed E-state index contributed by atoms with van der Waals surface area (Å²) in [5, 5.41) is 8.35. The molecule has 2 aromatic carbocycles. The summed E-state index contributed by atoms with van der Waals surface area (Å²) < 4.78 is 0. The van der Waals surface area contributed by atoms with E-state index in [0.29, 0.717) is 26.5 Å². The fourth-order valence-corrected chi connectivity index (χ4v) is 3.68. The van der Waals surface area contributed by atoms with Gasteiger partial charge in [-0.1, -0.05) is 52.2 Å². The second-order valence-corrected chi connectivity index (χ2v) is 7.58. The molecule has 8 nitrogen and oxygen atoms in total. The maximum Gasteiger partial charge on any atom is 0.343 e. The lowest BCUT2D eigenvalue weighted by molar-refractivity contribution is -0.165. The summed E-state index contributed by atoms with van der Waals surface area (Å²) in [6.07, 6.45) is 0. The van der Waals surface area contributed by atoms with Crippen LogP contribution in [0.15, 0.2) is 47.6 Å². The molecular formula is C18H10Cl2N4O4S. The van der Waals surface area contributed by atoms with Crippen molar-refractivity contribution in [1.29, 1.82) is 0 Å². The number of fused-ring (bicyclic) bond motifs is 1. The lowest BCUT2D eigenvalue weighted by Gasteiger charge is -2.11. The Kier molecular flexibility index (Phi) is 5.27. The number of aromatic nitrogens is 3. The average molecular weight is 449 g/mol. The monoisotopic (exact) mass is 448 g/mol. The predicted molar refractivity (Wildman–Crippen MR) is 106 cm³/mol. The first-order valence-electron chi connectivity index (χ1n) is 8.13. The molecule has 0 radical (unpaired) electrons. The standard InChI is InChI=1S/C18H10Cl2N4O4S/c19-9-5-6-12(13(20)7-9)15-21-18(23-22-15)29-8-14(25)28-24-16(26)10-3-1-2-4-11(10)17(24)27/h1-7H,8H2,(H,21,22,23). The van der Waals surface area contributed by atoms with Gasteiger partial charge >= 0.3 is 5.97 Å². The molecule has 1 N–H and O–H groups in total. The van der Waals surface area contributed by atoms with E-state index in [1.807, 2.05) is 0 Å². The third kappa shape index (κ3) is 3.84. The predicted octanol–water partition coefficient (Wildman–Crippen LogP) is 3.63. The number of imide groups is 1. The van der Waals surface area contributed by atoms with Gasteiger partial charge in [-0.2, -0.15) is 0 Å². The van der Waals surface area contributed by atoms with Crippen LogP contribution in [0.4, 0.5) is 0 Å². The summed E-state index contributed by atoms with van der Waals surface area (Å²) in [6, 6.07) is 11.2. The number of hydroxylamine groups is 2. The van der Waals surface area contributed by atoms with Gasteiger partial charge in [0.2, 0.25) is 5.16 Å². The Balaban J connectivity index is 1.38. The number of carbonyl (C=O) groups excluding carboxylic acids is 3. The quantitative estimate of drug-likeness (QED) is 0.469. The number of H-pyrrole nitrogens is 1. The molecule has 11 heteroatoms. The summed E-state index contributed by atoms with van der Waals surface area (Å²) in [7, 11) is 0. The summed E-state index contributed by atoms with van der Waals surface area (Å²) in [6.45, 7) is 0. The van der Waals surface area contributed by atoms with Crippen molar-refractivity contribution in [2.75, 3.05) is 5.75 Å². The number of carbonyl (C=O) groups is 3. The largest absolute Gasteiger partial charge is 0.343 e. The van der Waals surface area contributed by atoms with E-state index in [0.717, 1.165) is 11.8 Å². The molecule has 1 aliphatic rings. The Bertz CT molecular complexity index is 1120. The molecule has 0 bridgehead atoms. The van der Waals surface area contributed by atoms with Gasteiger partial charge in [0.05, 0.1) is 16.1 Å². The van der Waals surface area contributed by atoms with Gasteiger partial charge in [0.1, 0.15) is 5.75 Å². The smallest absolute Gasteiger partial charge is 0.329 e. The van der Waals surface area contributed by atoms with Gasteiger partial charge in [0.15, 0.2) is 5.82 Å². The van der Waals surface area contributed by atoms with Crippen LogP contribution in [0.5, 0.6) is 0 Å². The molecule has 4 rings (SSSR count). The number of halogens is 2. The van der Waals surface area contributed by atoms with Gasteiger partial charge in [-0.3, -0.25) is 14.7 Å². The molecule has 1 aromatic heterocycles. The number of thioether (sulfide) groups is 1. The Labute approximate surface area is 178 Å².